The fourth-order valence-electron chi connectivity index (χ4n) is 3.15. The Morgan fingerprint density at radius 1 is 1.03 bits per heavy atom. The van der Waals surface area contributed by atoms with Crippen LogP contribution in [0.4, 0.5) is 0 Å². The summed E-state index contributed by atoms with van der Waals surface area (Å²) in [5.41, 5.74) is 2.14. The van der Waals surface area contributed by atoms with E-state index in [1.807, 2.05) is 49.4 Å². The van der Waals surface area contributed by atoms with E-state index in [-0.39, 0.29) is 13.4 Å². The van der Waals surface area contributed by atoms with Crippen LogP contribution < -0.4 is 18.9 Å². The van der Waals surface area contributed by atoms with Gasteiger partial charge in [-0.1, -0.05) is 18.6 Å². The number of aliphatic hydroxyl groups excluding tert-OH is 1. The van der Waals surface area contributed by atoms with Crippen molar-refractivity contribution in [2.75, 3.05) is 26.6 Å². The largest absolute Gasteiger partial charge is 0.490 e. The Hall–Kier alpha value is -3.17. The molecule has 0 bridgehead atoms. The zero-order chi connectivity index (χ0) is 21.2. The van der Waals surface area contributed by atoms with Crippen LogP contribution in [0, 0.1) is 6.57 Å². The van der Waals surface area contributed by atoms with Crippen LogP contribution in [0.1, 0.15) is 43.7 Å². The minimum atomic E-state index is 0.205. The lowest BCUT2D eigenvalue weighted by Gasteiger charge is -2.13. The Bertz CT molecular complexity index is 916. The molecular weight excluding hydrogens is 382 g/mol. The molecule has 0 aliphatic carbocycles. The maximum Gasteiger partial charge on any atom is 0.231 e. The highest BCUT2D eigenvalue weighted by Crippen LogP contribution is 2.36. The van der Waals surface area contributed by atoms with Gasteiger partial charge in [-0.2, -0.15) is 0 Å². The molecule has 1 aliphatic heterocycles. The fraction of sp³-hybridized carbons (Fsp3) is 0.375. The average molecular weight is 409 g/mol. The van der Waals surface area contributed by atoms with Crippen LogP contribution in [0.3, 0.4) is 0 Å². The highest BCUT2D eigenvalue weighted by Gasteiger charge is 2.15. The van der Waals surface area contributed by atoms with Crippen molar-refractivity contribution in [2.24, 2.45) is 0 Å². The second-order valence-corrected chi connectivity index (χ2v) is 6.83. The second kappa shape index (κ2) is 11.1. The molecule has 0 radical (unpaired) electrons. The molecule has 0 unspecified atom stereocenters. The third-order valence-corrected chi connectivity index (χ3v) is 4.67. The monoisotopic (exact) mass is 409 g/mol. The van der Waals surface area contributed by atoms with Crippen molar-refractivity contribution in [2.45, 2.75) is 32.6 Å². The van der Waals surface area contributed by atoms with E-state index >= 15 is 0 Å². The second-order valence-electron chi connectivity index (χ2n) is 6.83. The summed E-state index contributed by atoms with van der Waals surface area (Å²) >= 11 is 0. The normalized spacial score (nSPS) is 12.5. The third-order valence-electron chi connectivity index (χ3n) is 4.67. The van der Waals surface area contributed by atoms with Crippen LogP contribution in [-0.2, 0) is 0 Å². The number of fused-ring (bicyclic) bond motifs is 1. The van der Waals surface area contributed by atoms with Crippen molar-refractivity contribution < 1.29 is 24.1 Å². The van der Waals surface area contributed by atoms with Crippen LogP contribution in [0.25, 0.3) is 16.6 Å². The highest BCUT2D eigenvalue weighted by atomic mass is 16.7. The summed E-state index contributed by atoms with van der Waals surface area (Å²) in [6, 6.07) is 11.2. The molecule has 6 nitrogen and oxygen atoms in total. The predicted molar refractivity (Wildman–Crippen MR) is 116 cm³/mol. The number of unbranched alkanes of at least 4 members (excludes halogenated alkanes) is 3. The maximum atomic E-state index is 8.83. The Labute approximate surface area is 177 Å². The number of hydrogen-bond donors (Lipinski definition) is 1. The van der Waals surface area contributed by atoms with E-state index in [0.29, 0.717) is 41.9 Å². The molecule has 1 aliphatic rings. The van der Waals surface area contributed by atoms with Crippen molar-refractivity contribution in [3.05, 3.63) is 58.9 Å². The van der Waals surface area contributed by atoms with Crippen molar-refractivity contribution in [1.82, 2.24) is 0 Å². The van der Waals surface area contributed by atoms with E-state index < -0.39 is 0 Å². The van der Waals surface area contributed by atoms with Crippen molar-refractivity contribution in [3.8, 4) is 23.0 Å². The smallest absolute Gasteiger partial charge is 0.231 e. The van der Waals surface area contributed by atoms with Gasteiger partial charge in [0.25, 0.3) is 0 Å². The van der Waals surface area contributed by atoms with Gasteiger partial charge in [0, 0.05) is 6.61 Å². The van der Waals surface area contributed by atoms with E-state index in [9.17, 15) is 0 Å². The van der Waals surface area contributed by atoms with Crippen molar-refractivity contribution in [1.29, 1.82) is 0 Å². The minimum absolute atomic E-state index is 0.205. The molecule has 0 atom stereocenters. The van der Waals surface area contributed by atoms with Gasteiger partial charge in [0.05, 0.1) is 19.8 Å². The van der Waals surface area contributed by atoms with Gasteiger partial charge in [0.2, 0.25) is 6.79 Å². The van der Waals surface area contributed by atoms with Gasteiger partial charge in [-0.15, -0.1) is 0 Å². The molecule has 0 saturated carbocycles. The summed E-state index contributed by atoms with van der Waals surface area (Å²) in [5.74, 6) is 2.71. The van der Waals surface area contributed by atoms with Gasteiger partial charge >= 0.3 is 0 Å². The maximum absolute atomic E-state index is 8.83. The Balaban J connectivity index is 1.73. The topological polar surface area (TPSA) is 61.5 Å². The van der Waals surface area contributed by atoms with Gasteiger partial charge in [-0.3, -0.25) is 0 Å². The molecule has 1 heterocycles. The van der Waals surface area contributed by atoms with Gasteiger partial charge in [0.1, 0.15) is 0 Å². The van der Waals surface area contributed by atoms with E-state index in [1.165, 1.54) is 0 Å². The van der Waals surface area contributed by atoms with Crippen molar-refractivity contribution >= 4 is 11.8 Å². The first-order valence-corrected chi connectivity index (χ1v) is 10.2. The van der Waals surface area contributed by atoms with Gasteiger partial charge in [-0.25, -0.2) is 4.85 Å². The minimum Gasteiger partial charge on any atom is -0.490 e. The molecule has 2 aromatic carbocycles. The van der Waals surface area contributed by atoms with Gasteiger partial charge in [0.15, 0.2) is 28.7 Å². The van der Waals surface area contributed by atoms with E-state index in [4.69, 9.17) is 30.6 Å². The molecule has 0 spiro atoms. The molecular formula is C24H27NO5. The molecule has 1 N–H and O–H groups in total. The predicted octanol–water partition coefficient (Wildman–Crippen LogP) is 5.16. The zero-order valence-electron chi connectivity index (χ0n) is 17.2. The van der Waals surface area contributed by atoms with Crippen LogP contribution in [-0.4, -0.2) is 31.7 Å². The van der Waals surface area contributed by atoms with Crippen LogP contribution in [0.2, 0.25) is 0 Å². The lowest BCUT2D eigenvalue weighted by molar-refractivity contribution is 0.174. The number of benzene rings is 2. The third kappa shape index (κ3) is 5.68. The Morgan fingerprint density at radius 3 is 2.67 bits per heavy atom. The summed E-state index contributed by atoms with van der Waals surface area (Å²) in [7, 11) is 0. The van der Waals surface area contributed by atoms with E-state index in [0.717, 1.165) is 36.8 Å². The van der Waals surface area contributed by atoms with Gasteiger partial charge in [-0.05, 0) is 67.7 Å². The number of hydrogen-bond acceptors (Lipinski definition) is 5. The standard InChI is InChI=1S/C24H27NO5/c1-3-27-23-15-18(8-10-21(23)28-13-7-5-4-6-12-26)14-20(25-2)19-9-11-22-24(16-19)30-17-29-22/h8-11,14-16,26H,3-7,12-13,17H2,1H3/b20-14-. The summed E-state index contributed by atoms with van der Waals surface area (Å²) in [5, 5.41) is 8.83. The van der Waals surface area contributed by atoms with Crippen LogP contribution >= 0.6 is 0 Å². The number of rotatable bonds is 11. The lowest BCUT2D eigenvalue weighted by atomic mass is 10.1. The van der Waals surface area contributed by atoms with Crippen LogP contribution in [0.15, 0.2) is 36.4 Å². The van der Waals surface area contributed by atoms with Gasteiger partial charge < -0.3 is 24.1 Å². The first kappa shape index (κ1) is 21.5. The summed E-state index contributed by atoms with van der Waals surface area (Å²) < 4.78 is 22.4. The summed E-state index contributed by atoms with van der Waals surface area (Å²) in [4.78, 5) is 3.69. The first-order valence-electron chi connectivity index (χ1n) is 10.2. The number of nitrogens with zero attached hydrogens (tertiary/aromatic N) is 1. The highest BCUT2D eigenvalue weighted by molar-refractivity contribution is 5.86. The Morgan fingerprint density at radius 2 is 1.87 bits per heavy atom. The molecule has 6 heteroatoms. The molecule has 30 heavy (non-hydrogen) atoms. The van der Waals surface area contributed by atoms with Crippen LogP contribution in [0.5, 0.6) is 23.0 Å². The molecule has 2 aromatic rings. The lowest BCUT2D eigenvalue weighted by Crippen LogP contribution is -2.01. The molecule has 158 valence electrons. The Kier molecular flexibility index (Phi) is 7.99. The van der Waals surface area contributed by atoms with E-state index in [2.05, 4.69) is 4.85 Å². The molecule has 0 fully saturated rings. The molecule has 0 amide bonds. The summed E-state index contributed by atoms with van der Waals surface area (Å²) in [6.07, 6.45) is 5.61. The molecule has 0 aromatic heterocycles. The fourth-order valence-corrected chi connectivity index (χ4v) is 3.15. The number of ether oxygens (including phenoxy) is 4. The SMILES string of the molecule is [C-]#[N+]/C(=C\c1ccc(OCCCCCCO)c(OCC)c1)c1ccc2c(c1)OCO2. The first-order chi connectivity index (χ1) is 14.7. The zero-order valence-corrected chi connectivity index (χ0v) is 17.2. The molecule has 0 saturated heterocycles. The van der Waals surface area contributed by atoms with E-state index in [1.54, 1.807) is 0 Å². The van der Waals surface area contributed by atoms with Crippen molar-refractivity contribution in [3.63, 3.8) is 0 Å². The quantitative estimate of drug-likeness (QED) is 0.315. The number of aliphatic hydroxyl groups is 1. The molecule has 3 rings (SSSR count). The average Bonchev–Trinajstić information content (AvgIpc) is 3.23. The summed E-state index contributed by atoms with van der Waals surface area (Å²) in [6.45, 7) is 11.1.